The zero-order chi connectivity index (χ0) is 12.8. The van der Waals surface area contributed by atoms with E-state index in [4.69, 9.17) is 11.5 Å². The van der Waals surface area contributed by atoms with Gasteiger partial charge in [0.25, 0.3) is 5.91 Å². The molecular formula is C13H13NO3. The van der Waals surface area contributed by atoms with Crippen LogP contribution in [0.4, 0.5) is 0 Å². The second-order valence-electron chi connectivity index (χ2n) is 3.69. The van der Waals surface area contributed by atoms with Crippen molar-refractivity contribution >= 4 is 11.9 Å². The van der Waals surface area contributed by atoms with Crippen LogP contribution in [-0.4, -0.2) is 23.0 Å². The van der Waals surface area contributed by atoms with Crippen LogP contribution in [0.5, 0.6) is 0 Å². The lowest BCUT2D eigenvalue weighted by Gasteiger charge is -2.11. The molecule has 0 aliphatic heterocycles. The van der Waals surface area contributed by atoms with Crippen molar-refractivity contribution in [3.8, 4) is 12.3 Å². The van der Waals surface area contributed by atoms with Gasteiger partial charge in [0.2, 0.25) is 0 Å². The molecule has 0 spiro atoms. The van der Waals surface area contributed by atoms with E-state index in [2.05, 4.69) is 11.2 Å². The Morgan fingerprint density at radius 1 is 1.41 bits per heavy atom. The summed E-state index contributed by atoms with van der Waals surface area (Å²) in [6.45, 7) is 1.64. The van der Waals surface area contributed by atoms with Gasteiger partial charge in [-0.25, -0.2) is 0 Å². The molecule has 4 nitrogen and oxygen atoms in total. The molecule has 0 saturated heterocycles. The van der Waals surface area contributed by atoms with Gasteiger partial charge in [0.1, 0.15) is 0 Å². The molecule has 0 aliphatic carbocycles. The van der Waals surface area contributed by atoms with E-state index in [9.17, 15) is 9.59 Å². The quantitative estimate of drug-likeness (QED) is 0.767. The van der Waals surface area contributed by atoms with Crippen molar-refractivity contribution in [1.82, 2.24) is 5.32 Å². The number of hydrogen-bond acceptors (Lipinski definition) is 2. The maximum atomic E-state index is 11.7. The average molecular weight is 231 g/mol. The van der Waals surface area contributed by atoms with Gasteiger partial charge in [-0.05, 0) is 31.2 Å². The van der Waals surface area contributed by atoms with Crippen LogP contribution < -0.4 is 5.32 Å². The van der Waals surface area contributed by atoms with Crippen LogP contribution in [0, 0.1) is 12.3 Å². The van der Waals surface area contributed by atoms with Crippen molar-refractivity contribution in [3.05, 3.63) is 35.4 Å². The summed E-state index contributed by atoms with van der Waals surface area (Å²) in [5.74, 6) is 1.20. The van der Waals surface area contributed by atoms with E-state index < -0.39 is 12.0 Å². The number of carboxylic acid groups (broad SMARTS) is 1. The van der Waals surface area contributed by atoms with Crippen LogP contribution in [0.1, 0.15) is 29.3 Å². The highest BCUT2D eigenvalue weighted by Crippen LogP contribution is 2.04. The third-order valence-electron chi connectivity index (χ3n) is 2.17. The Bertz CT molecular complexity index is 457. The average Bonchev–Trinajstić information content (AvgIpc) is 2.28. The zero-order valence-corrected chi connectivity index (χ0v) is 9.43. The van der Waals surface area contributed by atoms with Gasteiger partial charge in [0, 0.05) is 17.2 Å². The summed E-state index contributed by atoms with van der Waals surface area (Å²) in [5, 5.41) is 11.2. The van der Waals surface area contributed by atoms with Gasteiger partial charge in [-0.15, -0.1) is 6.42 Å². The van der Waals surface area contributed by atoms with Crippen molar-refractivity contribution < 1.29 is 14.7 Å². The fraction of sp³-hybridized carbons (Fsp3) is 0.231. The van der Waals surface area contributed by atoms with E-state index in [1.807, 2.05) is 0 Å². The van der Waals surface area contributed by atoms with Gasteiger partial charge >= 0.3 is 5.97 Å². The Kier molecular flexibility index (Phi) is 4.29. The SMILES string of the molecule is C#Cc1ccc(C(=O)NC(C)CC(=O)O)cc1. The van der Waals surface area contributed by atoms with Crippen molar-refractivity contribution in [3.63, 3.8) is 0 Å². The third-order valence-corrected chi connectivity index (χ3v) is 2.17. The minimum absolute atomic E-state index is 0.103. The van der Waals surface area contributed by atoms with E-state index in [0.717, 1.165) is 0 Å². The second-order valence-corrected chi connectivity index (χ2v) is 3.69. The highest BCUT2D eigenvalue weighted by Gasteiger charge is 2.12. The lowest BCUT2D eigenvalue weighted by molar-refractivity contribution is -0.137. The molecule has 0 aromatic heterocycles. The van der Waals surface area contributed by atoms with Gasteiger partial charge < -0.3 is 10.4 Å². The Morgan fingerprint density at radius 3 is 2.47 bits per heavy atom. The molecule has 1 aromatic carbocycles. The van der Waals surface area contributed by atoms with Crippen molar-refractivity contribution in [1.29, 1.82) is 0 Å². The van der Waals surface area contributed by atoms with Crippen molar-refractivity contribution in [2.24, 2.45) is 0 Å². The van der Waals surface area contributed by atoms with E-state index in [-0.39, 0.29) is 12.3 Å². The first-order valence-electron chi connectivity index (χ1n) is 5.12. The van der Waals surface area contributed by atoms with E-state index in [1.165, 1.54) is 0 Å². The molecule has 0 saturated carbocycles. The minimum Gasteiger partial charge on any atom is -0.481 e. The van der Waals surface area contributed by atoms with Crippen molar-refractivity contribution in [2.45, 2.75) is 19.4 Å². The fourth-order valence-electron chi connectivity index (χ4n) is 1.34. The first-order valence-corrected chi connectivity index (χ1v) is 5.12. The molecule has 17 heavy (non-hydrogen) atoms. The van der Waals surface area contributed by atoms with Crippen molar-refractivity contribution in [2.75, 3.05) is 0 Å². The third kappa shape index (κ3) is 3.99. The highest BCUT2D eigenvalue weighted by molar-refractivity contribution is 5.94. The van der Waals surface area contributed by atoms with Crippen LogP contribution in [0.15, 0.2) is 24.3 Å². The highest BCUT2D eigenvalue weighted by atomic mass is 16.4. The normalized spacial score (nSPS) is 11.3. The molecule has 0 heterocycles. The first kappa shape index (κ1) is 12.8. The van der Waals surface area contributed by atoms with E-state index >= 15 is 0 Å². The smallest absolute Gasteiger partial charge is 0.305 e. The Morgan fingerprint density at radius 2 is 2.00 bits per heavy atom. The number of hydrogen-bond donors (Lipinski definition) is 2. The van der Waals surface area contributed by atoms with Gasteiger partial charge in [-0.1, -0.05) is 5.92 Å². The zero-order valence-electron chi connectivity index (χ0n) is 9.43. The fourth-order valence-corrected chi connectivity index (χ4v) is 1.34. The number of benzene rings is 1. The molecule has 4 heteroatoms. The molecule has 0 fully saturated rings. The molecule has 1 unspecified atom stereocenters. The molecule has 0 radical (unpaired) electrons. The lowest BCUT2D eigenvalue weighted by atomic mass is 10.1. The monoisotopic (exact) mass is 231 g/mol. The van der Waals surface area contributed by atoms with E-state index in [0.29, 0.717) is 11.1 Å². The number of terminal acetylenes is 1. The number of carbonyl (C=O) groups excluding carboxylic acids is 1. The molecular weight excluding hydrogens is 218 g/mol. The van der Waals surface area contributed by atoms with Crippen LogP contribution >= 0.6 is 0 Å². The molecule has 1 rings (SSSR count). The number of nitrogens with one attached hydrogen (secondary N) is 1. The number of rotatable bonds is 4. The van der Waals surface area contributed by atoms with Gasteiger partial charge in [-0.2, -0.15) is 0 Å². The van der Waals surface area contributed by atoms with Crippen LogP contribution in [0.2, 0.25) is 0 Å². The summed E-state index contributed by atoms with van der Waals surface area (Å²) >= 11 is 0. The van der Waals surface area contributed by atoms with Crippen LogP contribution in [-0.2, 0) is 4.79 Å². The molecule has 1 amide bonds. The molecule has 0 bridgehead atoms. The molecule has 0 aliphatic rings. The minimum atomic E-state index is -0.944. The number of carbonyl (C=O) groups is 2. The number of aliphatic carboxylic acids is 1. The molecule has 2 N–H and O–H groups in total. The number of amides is 1. The first-order chi connectivity index (χ1) is 8.02. The number of carboxylic acids is 1. The topological polar surface area (TPSA) is 66.4 Å². The van der Waals surface area contributed by atoms with E-state index in [1.54, 1.807) is 31.2 Å². The Hall–Kier alpha value is -2.28. The maximum absolute atomic E-state index is 11.7. The van der Waals surface area contributed by atoms with Crippen LogP contribution in [0.25, 0.3) is 0 Å². The summed E-state index contributed by atoms with van der Waals surface area (Å²) in [5.41, 5.74) is 1.15. The Labute approximate surface area is 99.7 Å². The predicted molar refractivity (Wildman–Crippen MR) is 63.6 cm³/mol. The summed E-state index contributed by atoms with van der Waals surface area (Å²) in [6.07, 6.45) is 5.09. The summed E-state index contributed by atoms with van der Waals surface area (Å²) in [4.78, 5) is 22.1. The van der Waals surface area contributed by atoms with Crippen LogP contribution in [0.3, 0.4) is 0 Å². The molecule has 88 valence electrons. The van der Waals surface area contributed by atoms with Gasteiger partial charge in [0.05, 0.1) is 6.42 Å². The standard InChI is InChI=1S/C13H13NO3/c1-3-10-4-6-11(7-5-10)13(17)14-9(2)8-12(15)16/h1,4-7,9H,8H2,2H3,(H,14,17)(H,15,16). The van der Waals surface area contributed by atoms with Gasteiger partial charge in [-0.3, -0.25) is 9.59 Å². The summed E-state index contributed by atoms with van der Waals surface area (Å²) in [7, 11) is 0. The summed E-state index contributed by atoms with van der Waals surface area (Å²) < 4.78 is 0. The molecule has 1 atom stereocenters. The Balaban J connectivity index is 2.64. The van der Waals surface area contributed by atoms with Gasteiger partial charge in [0.15, 0.2) is 0 Å². The largest absolute Gasteiger partial charge is 0.481 e. The second kappa shape index (κ2) is 5.71. The summed E-state index contributed by atoms with van der Waals surface area (Å²) in [6, 6.07) is 6.14. The molecule has 1 aromatic rings. The maximum Gasteiger partial charge on any atom is 0.305 e. The predicted octanol–water partition coefficient (Wildman–Crippen LogP) is 1.26. The lowest BCUT2D eigenvalue weighted by Crippen LogP contribution is -2.34.